The van der Waals surface area contributed by atoms with Crippen LogP contribution in [0.1, 0.15) is 53.2 Å². The molecule has 1 aliphatic heterocycles. The minimum absolute atomic E-state index is 0.00607. The molecule has 4 heterocycles. The number of amides is 1. The minimum atomic E-state index is -0.00607. The summed E-state index contributed by atoms with van der Waals surface area (Å²) in [5.41, 5.74) is 4.38. The van der Waals surface area contributed by atoms with E-state index in [1.807, 2.05) is 24.0 Å². The summed E-state index contributed by atoms with van der Waals surface area (Å²) in [6.07, 6.45) is 7.13. The molecule has 0 aromatic carbocycles. The molecule has 0 aliphatic carbocycles. The van der Waals surface area contributed by atoms with Crippen molar-refractivity contribution in [1.29, 1.82) is 0 Å². The topological polar surface area (TPSA) is 85.0 Å². The van der Waals surface area contributed by atoms with Crippen LogP contribution in [0.15, 0.2) is 41.4 Å². The van der Waals surface area contributed by atoms with Crippen molar-refractivity contribution in [2.45, 2.75) is 39.0 Å². The number of carbonyl (C=O) groups excluding carboxylic acids is 1. The average Bonchev–Trinajstić information content (AvgIpc) is 3.14. The fourth-order valence-electron chi connectivity index (χ4n) is 3.77. The van der Waals surface area contributed by atoms with Crippen LogP contribution in [0.25, 0.3) is 11.3 Å². The van der Waals surface area contributed by atoms with E-state index in [1.54, 1.807) is 12.4 Å². The van der Waals surface area contributed by atoms with E-state index in [2.05, 4.69) is 28.1 Å². The Kier molecular flexibility index (Phi) is 5.14. The molecule has 0 saturated carbocycles. The zero-order chi connectivity index (χ0) is 19.5. The van der Waals surface area contributed by atoms with Gasteiger partial charge in [0, 0.05) is 43.5 Å². The lowest BCUT2D eigenvalue weighted by Gasteiger charge is -2.31. The molecule has 7 nitrogen and oxygen atoms in total. The second-order valence-corrected chi connectivity index (χ2v) is 7.06. The van der Waals surface area contributed by atoms with Gasteiger partial charge in [-0.3, -0.25) is 9.78 Å². The Morgan fingerprint density at radius 2 is 1.96 bits per heavy atom. The molecule has 0 spiro atoms. The standard InChI is InChI=1S/C21H23N5O2/c1-3-19-20(14(2)25-28-19)18-6-4-5-17(24-18)15-7-9-26(10-8-15)21(27)16-11-22-13-23-12-16/h4-6,11-13,15H,3,7-10H2,1-2H3. The second-order valence-electron chi connectivity index (χ2n) is 7.06. The fourth-order valence-corrected chi connectivity index (χ4v) is 3.77. The van der Waals surface area contributed by atoms with E-state index < -0.39 is 0 Å². The first-order chi connectivity index (χ1) is 13.7. The number of rotatable bonds is 4. The number of piperidine rings is 1. The Hall–Kier alpha value is -3.09. The molecule has 1 fully saturated rings. The van der Waals surface area contributed by atoms with Crippen molar-refractivity contribution in [3.63, 3.8) is 0 Å². The van der Waals surface area contributed by atoms with Crippen molar-refractivity contribution in [1.82, 2.24) is 25.0 Å². The van der Waals surface area contributed by atoms with Gasteiger partial charge in [0.25, 0.3) is 5.91 Å². The van der Waals surface area contributed by atoms with E-state index in [9.17, 15) is 4.79 Å². The van der Waals surface area contributed by atoms with Crippen LogP contribution < -0.4 is 0 Å². The number of hydrogen-bond acceptors (Lipinski definition) is 6. The quantitative estimate of drug-likeness (QED) is 0.693. The van der Waals surface area contributed by atoms with Gasteiger partial charge in [-0.15, -0.1) is 0 Å². The van der Waals surface area contributed by atoms with E-state index >= 15 is 0 Å². The first-order valence-corrected chi connectivity index (χ1v) is 9.64. The van der Waals surface area contributed by atoms with Crippen LogP contribution in [-0.4, -0.2) is 44.0 Å². The van der Waals surface area contributed by atoms with Crippen LogP contribution in [-0.2, 0) is 6.42 Å². The lowest BCUT2D eigenvalue weighted by Crippen LogP contribution is -2.38. The highest BCUT2D eigenvalue weighted by Gasteiger charge is 2.26. The number of hydrogen-bond donors (Lipinski definition) is 0. The van der Waals surface area contributed by atoms with Gasteiger partial charge >= 0.3 is 0 Å². The summed E-state index contributed by atoms with van der Waals surface area (Å²) in [7, 11) is 0. The molecule has 1 amide bonds. The maximum absolute atomic E-state index is 12.6. The van der Waals surface area contributed by atoms with E-state index in [-0.39, 0.29) is 5.91 Å². The number of pyridine rings is 1. The lowest BCUT2D eigenvalue weighted by atomic mass is 9.92. The molecule has 1 aliphatic rings. The van der Waals surface area contributed by atoms with Gasteiger partial charge in [-0.2, -0.15) is 0 Å². The third-order valence-corrected chi connectivity index (χ3v) is 5.29. The van der Waals surface area contributed by atoms with Gasteiger partial charge in [-0.25, -0.2) is 9.97 Å². The highest BCUT2D eigenvalue weighted by Crippen LogP contribution is 2.31. The third kappa shape index (κ3) is 3.52. The maximum atomic E-state index is 12.6. The molecule has 0 atom stereocenters. The summed E-state index contributed by atoms with van der Waals surface area (Å²) < 4.78 is 5.42. The number of nitrogens with zero attached hydrogens (tertiary/aromatic N) is 5. The number of aromatic nitrogens is 4. The Bertz CT molecular complexity index is 962. The van der Waals surface area contributed by atoms with Gasteiger partial charge in [-0.1, -0.05) is 18.1 Å². The largest absolute Gasteiger partial charge is 0.360 e. The van der Waals surface area contributed by atoms with Crippen molar-refractivity contribution in [2.24, 2.45) is 0 Å². The van der Waals surface area contributed by atoms with E-state index in [0.717, 1.165) is 47.7 Å². The molecular weight excluding hydrogens is 354 g/mol. The van der Waals surface area contributed by atoms with Crippen LogP contribution in [0.5, 0.6) is 0 Å². The number of likely N-dealkylation sites (tertiary alicyclic amines) is 1. The third-order valence-electron chi connectivity index (χ3n) is 5.29. The van der Waals surface area contributed by atoms with Crippen molar-refractivity contribution in [3.05, 3.63) is 59.6 Å². The molecule has 3 aromatic heterocycles. The van der Waals surface area contributed by atoms with Gasteiger partial charge in [0.2, 0.25) is 0 Å². The Labute approximate surface area is 163 Å². The Morgan fingerprint density at radius 3 is 2.68 bits per heavy atom. The molecule has 7 heteroatoms. The molecule has 144 valence electrons. The molecule has 4 rings (SSSR count). The Morgan fingerprint density at radius 1 is 1.21 bits per heavy atom. The van der Waals surface area contributed by atoms with E-state index in [1.165, 1.54) is 6.33 Å². The summed E-state index contributed by atoms with van der Waals surface area (Å²) in [6.45, 7) is 5.41. The first-order valence-electron chi connectivity index (χ1n) is 9.64. The summed E-state index contributed by atoms with van der Waals surface area (Å²) >= 11 is 0. The van der Waals surface area contributed by atoms with E-state index in [0.29, 0.717) is 24.6 Å². The minimum Gasteiger partial charge on any atom is -0.360 e. The van der Waals surface area contributed by atoms with Crippen molar-refractivity contribution >= 4 is 5.91 Å². The molecule has 1 saturated heterocycles. The highest BCUT2D eigenvalue weighted by atomic mass is 16.5. The van der Waals surface area contributed by atoms with Gasteiger partial charge in [-0.05, 0) is 31.9 Å². The van der Waals surface area contributed by atoms with Crippen molar-refractivity contribution < 1.29 is 9.32 Å². The molecule has 0 radical (unpaired) electrons. The highest BCUT2D eigenvalue weighted by molar-refractivity contribution is 5.93. The summed E-state index contributed by atoms with van der Waals surface area (Å²) in [4.78, 5) is 27.2. The predicted molar refractivity (Wildman–Crippen MR) is 104 cm³/mol. The molecule has 0 N–H and O–H groups in total. The zero-order valence-corrected chi connectivity index (χ0v) is 16.1. The lowest BCUT2D eigenvalue weighted by molar-refractivity contribution is 0.0711. The van der Waals surface area contributed by atoms with Crippen molar-refractivity contribution in [3.8, 4) is 11.3 Å². The first kappa shape index (κ1) is 18.3. The Balaban J connectivity index is 1.48. The zero-order valence-electron chi connectivity index (χ0n) is 16.1. The van der Waals surface area contributed by atoms with Crippen LogP contribution in [0.3, 0.4) is 0 Å². The van der Waals surface area contributed by atoms with Gasteiger partial charge in [0.1, 0.15) is 12.1 Å². The van der Waals surface area contributed by atoms with Crippen LogP contribution in [0, 0.1) is 6.92 Å². The fraction of sp³-hybridized carbons (Fsp3) is 0.381. The second kappa shape index (κ2) is 7.88. The van der Waals surface area contributed by atoms with Gasteiger partial charge in [0.05, 0.1) is 22.5 Å². The summed E-state index contributed by atoms with van der Waals surface area (Å²) in [5.74, 6) is 1.20. The van der Waals surface area contributed by atoms with E-state index in [4.69, 9.17) is 9.51 Å². The van der Waals surface area contributed by atoms with Gasteiger partial charge < -0.3 is 9.42 Å². The molecule has 0 bridgehead atoms. The van der Waals surface area contributed by atoms with Gasteiger partial charge in [0.15, 0.2) is 0 Å². The predicted octanol–water partition coefficient (Wildman–Crippen LogP) is 3.42. The summed E-state index contributed by atoms with van der Waals surface area (Å²) in [5, 5.41) is 4.09. The summed E-state index contributed by atoms with van der Waals surface area (Å²) in [6, 6.07) is 6.13. The van der Waals surface area contributed by atoms with Crippen molar-refractivity contribution in [2.75, 3.05) is 13.1 Å². The smallest absolute Gasteiger partial charge is 0.256 e. The maximum Gasteiger partial charge on any atom is 0.256 e. The molecule has 3 aromatic rings. The number of carbonyl (C=O) groups is 1. The molecular formula is C21H23N5O2. The number of aryl methyl sites for hydroxylation is 2. The average molecular weight is 377 g/mol. The molecule has 28 heavy (non-hydrogen) atoms. The van der Waals surface area contributed by atoms with Crippen LogP contribution in [0.4, 0.5) is 0 Å². The SMILES string of the molecule is CCc1onc(C)c1-c1cccc(C2CCN(C(=O)c3cncnc3)CC2)n1. The van der Waals surface area contributed by atoms with Crippen LogP contribution in [0.2, 0.25) is 0 Å². The molecule has 0 unspecified atom stereocenters. The normalized spacial score (nSPS) is 15.0. The monoisotopic (exact) mass is 377 g/mol. The van der Waals surface area contributed by atoms with Crippen LogP contribution >= 0.6 is 0 Å².